The fourth-order valence-electron chi connectivity index (χ4n) is 3.76. The molecular formula is C21H24N3OS+. The second-order valence-corrected chi connectivity index (χ2v) is 8.13. The van der Waals surface area contributed by atoms with Crippen LogP contribution in [0.2, 0.25) is 0 Å². The Labute approximate surface area is 157 Å². The van der Waals surface area contributed by atoms with E-state index in [-0.39, 0.29) is 5.91 Å². The van der Waals surface area contributed by atoms with Gasteiger partial charge in [0.1, 0.15) is 6.04 Å². The highest BCUT2D eigenvalue weighted by atomic mass is 32.1. The molecule has 134 valence electrons. The first kappa shape index (κ1) is 17.2. The number of benzene rings is 2. The van der Waals surface area contributed by atoms with Gasteiger partial charge in [-0.05, 0) is 49.6 Å². The van der Waals surface area contributed by atoms with Crippen LogP contribution in [0, 0.1) is 6.92 Å². The lowest BCUT2D eigenvalue weighted by atomic mass is 10.0. The molecule has 0 radical (unpaired) electrons. The van der Waals surface area contributed by atoms with Crippen LogP contribution in [0.5, 0.6) is 0 Å². The van der Waals surface area contributed by atoms with Crippen molar-refractivity contribution in [2.24, 2.45) is 0 Å². The molecule has 1 amide bonds. The zero-order valence-corrected chi connectivity index (χ0v) is 15.8. The summed E-state index contributed by atoms with van der Waals surface area (Å²) in [4.78, 5) is 18.8. The number of hydrogen-bond donors (Lipinski definition) is 2. The molecule has 1 aromatic heterocycles. The van der Waals surface area contributed by atoms with Crippen LogP contribution in [-0.4, -0.2) is 24.0 Å². The van der Waals surface area contributed by atoms with E-state index in [9.17, 15) is 4.79 Å². The molecule has 0 aliphatic carbocycles. The van der Waals surface area contributed by atoms with Crippen molar-refractivity contribution in [2.45, 2.75) is 32.2 Å². The summed E-state index contributed by atoms with van der Waals surface area (Å²) in [6.45, 7) is 3.56. The van der Waals surface area contributed by atoms with E-state index in [0.717, 1.165) is 29.7 Å². The highest BCUT2D eigenvalue weighted by molar-refractivity contribution is 7.18. The van der Waals surface area contributed by atoms with Gasteiger partial charge in [-0.3, -0.25) is 4.79 Å². The normalized spacial score (nSPS) is 20.2. The van der Waals surface area contributed by atoms with E-state index >= 15 is 0 Å². The molecule has 2 heterocycles. The molecule has 26 heavy (non-hydrogen) atoms. The van der Waals surface area contributed by atoms with Gasteiger partial charge in [-0.2, -0.15) is 0 Å². The van der Waals surface area contributed by atoms with Gasteiger partial charge in [-0.1, -0.05) is 24.3 Å². The molecule has 2 atom stereocenters. The molecule has 3 aromatic rings. The smallest absolute Gasteiger partial charge is 0.279 e. The molecule has 2 aromatic carbocycles. The maximum absolute atomic E-state index is 12.6. The maximum atomic E-state index is 12.6. The van der Waals surface area contributed by atoms with Crippen molar-refractivity contribution in [1.29, 1.82) is 0 Å². The predicted molar refractivity (Wildman–Crippen MR) is 107 cm³/mol. The van der Waals surface area contributed by atoms with Crippen LogP contribution in [0.3, 0.4) is 0 Å². The number of aromatic nitrogens is 1. The van der Waals surface area contributed by atoms with E-state index in [4.69, 9.17) is 4.98 Å². The first-order valence-electron chi connectivity index (χ1n) is 9.25. The Morgan fingerprint density at radius 2 is 2.12 bits per heavy atom. The van der Waals surface area contributed by atoms with Gasteiger partial charge in [0, 0.05) is 12.1 Å². The van der Waals surface area contributed by atoms with Crippen LogP contribution in [-0.2, 0) is 4.79 Å². The summed E-state index contributed by atoms with van der Waals surface area (Å²) in [5.41, 5.74) is 3.10. The van der Waals surface area contributed by atoms with Gasteiger partial charge in [0.2, 0.25) is 0 Å². The Hall–Kier alpha value is -2.24. The quantitative estimate of drug-likeness (QED) is 0.744. The fraction of sp³-hybridized carbons (Fsp3) is 0.333. The van der Waals surface area contributed by atoms with E-state index in [0.29, 0.717) is 12.6 Å². The molecule has 0 spiro atoms. The number of thiazole rings is 1. The Bertz CT molecular complexity index is 887. The number of rotatable bonds is 4. The number of anilines is 1. The molecule has 5 heteroatoms. The SMILES string of the molecule is Cc1cccc(NC(=O)C[NH+]2CCCC[C@@H]2c2nc3ccccc3s2)c1. The summed E-state index contributed by atoms with van der Waals surface area (Å²) in [7, 11) is 0. The lowest BCUT2D eigenvalue weighted by Gasteiger charge is -2.30. The molecular weight excluding hydrogens is 342 g/mol. The highest BCUT2D eigenvalue weighted by Gasteiger charge is 2.31. The van der Waals surface area contributed by atoms with Crippen molar-refractivity contribution in [3.8, 4) is 0 Å². The Morgan fingerprint density at radius 1 is 1.23 bits per heavy atom. The molecule has 4 rings (SSSR count). The maximum Gasteiger partial charge on any atom is 0.279 e. The molecule has 1 aliphatic heterocycles. The van der Waals surface area contributed by atoms with Crippen LogP contribution < -0.4 is 10.2 Å². The Kier molecular flexibility index (Phi) is 5.00. The van der Waals surface area contributed by atoms with Gasteiger partial charge in [-0.25, -0.2) is 4.98 Å². The summed E-state index contributed by atoms with van der Waals surface area (Å²) in [6.07, 6.45) is 3.49. The number of aryl methyl sites for hydroxylation is 1. The van der Waals surface area contributed by atoms with Crippen molar-refractivity contribution in [3.63, 3.8) is 0 Å². The minimum absolute atomic E-state index is 0.0820. The second kappa shape index (κ2) is 7.56. The number of para-hydroxylation sites is 1. The van der Waals surface area contributed by atoms with Crippen LogP contribution in [0.1, 0.15) is 35.9 Å². The number of fused-ring (bicyclic) bond motifs is 1. The number of carbonyl (C=O) groups excluding carboxylic acids is 1. The number of nitrogens with one attached hydrogen (secondary N) is 2. The van der Waals surface area contributed by atoms with E-state index < -0.39 is 0 Å². The van der Waals surface area contributed by atoms with Crippen molar-refractivity contribution >= 4 is 33.1 Å². The van der Waals surface area contributed by atoms with Crippen molar-refractivity contribution in [1.82, 2.24) is 4.98 Å². The third-order valence-corrected chi connectivity index (χ3v) is 6.18. The van der Waals surface area contributed by atoms with E-state index in [2.05, 4.69) is 23.5 Å². The van der Waals surface area contributed by atoms with Crippen molar-refractivity contribution in [2.75, 3.05) is 18.4 Å². The summed E-state index contributed by atoms with van der Waals surface area (Å²) in [5.74, 6) is 0.0820. The molecule has 1 saturated heterocycles. The number of hydrogen-bond acceptors (Lipinski definition) is 3. The molecule has 1 aliphatic rings. The van der Waals surface area contributed by atoms with Gasteiger partial charge < -0.3 is 10.2 Å². The van der Waals surface area contributed by atoms with Crippen molar-refractivity contribution in [3.05, 3.63) is 59.1 Å². The second-order valence-electron chi connectivity index (χ2n) is 7.07. The largest absolute Gasteiger partial charge is 0.321 e. The standard InChI is InChI=1S/C21H23N3OS/c1-15-7-6-8-16(13-15)22-20(25)14-24-12-5-4-10-18(24)21-23-17-9-2-3-11-19(17)26-21/h2-3,6-9,11,13,18H,4-5,10,12,14H2,1H3,(H,22,25)/p+1/t18-/m1/s1. The Morgan fingerprint density at radius 3 is 2.96 bits per heavy atom. The molecule has 2 N–H and O–H groups in total. The van der Waals surface area contributed by atoms with Crippen LogP contribution >= 0.6 is 11.3 Å². The Balaban J connectivity index is 1.49. The third-order valence-electron chi connectivity index (χ3n) is 5.03. The first-order valence-corrected chi connectivity index (χ1v) is 10.1. The first-order chi connectivity index (χ1) is 12.7. The van der Waals surface area contributed by atoms with E-state index in [1.54, 1.807) is 11.3 Å². The van der Waals surface area contributed by atoms with Crippen LogP contribution in [0.4, 0.5) is 5.69 Å². The van der Waals surface area contributed by atoms with E-state index in [1.165, 1.54) is 27.4 Å². The number of quaternary nitrogens is 1. The summed E-state index contributed by atoms with van der Waals surface area (Å²) in [6, 6.07) is 16.6. The minimum atomic E-state index is 0.0820. The molecule has 1 fully saturated rings. The van der Waals surface area contributed by atoms with Gasteiger partial charge in [0.25, 0.3) is 5.91 Å². The van der Waals surface area contributed by atoms with Gasteiger partial charge in [0.05, 0.1) is 16.8 Å². The average molecular weight is 367 g/mol. The number of likely N-dealkylation sites (tertiary alicyclic amines) is 1. The van der Waals surface area contributed by atoms with Crippen LogP contribution in [0.15, 0.2) is 48.5 Å². The third kappa shape index (κ3) is 3.79. The number of carbonyl (C=O) groups is 1. The summed E-state index contributed by atoms with van der Waals surface area (Å²) >= 11 is 1.78. The predicted octanol–water partition coefficient (Wildman–Crippen LogP) is 3.35. The summed E-state index contributed by atoms with van der Waals surface area (Å²) < 4.78 is 1.23. The molecule has 4 nitrogen and oxygen atoms in total. The zero-order chi connectivity index (χ0) is 17.9. The van der Waals surface area contributed by atoms with E-state index in [1.807, 2.05) is 37.3 Å². The van der Waals surface area contributed by atoms with Gasteiger partial charge >= 0.3 is 0 Å². The average Bonchev–Trinajstić information content (AvgIpc) is 3.06. The lowest BCUT2D eigenvalue weighted by molar-refractivity contribution is -0.929. The topological polar surface area (TPSA) is 46.4 Å². The number of piperidine rings is 1. The number of nitrogens with zero attached hydrogens (tertiary/aromatic N) is 1. The van der Waals surface area contributed by atoms with Crippen LogP contribution in [0.25, 0.3) is 10.2 Å². The van der Waals surface area contributed by atoms with Gasteiger partial charge in [0.15, 0.2) is 11.6 Å². The van der Waals surface area contributed by atoms with Crippen molar-refractivity contribution < 1.29 is 9.69 Å². The zero-order valence-electron chi connectivity index (χ0n) is 15.0. The monoisotopic (exact) mass is 366 g/mol. The summed E-state index contributed by atoms with van der Waals surface area (Å²) in [5, 5.41) is 4.22. The fourth-order valence-corrected chi connectivity index (χ4v) is 4.92. The van der Waals surface area contributed by atoms with Gasteiger partial charge in [-0.15, -0.1) is 11.3 Å². The highest BCUT2D eigenvalue weighted by Crippen LogP contribution is 2.28. The lowest BCUT2D eigenvalue weighted by Crippen LogP contribution is -3.14. The molecule has 1 unspecified atom stereocenters. The molecule has 0 saturated carbocycles. The number of amides is 1. The minimum Gasteiger partial charge on any atom is -0.321 e. The molecule has 0 bridgehead atoms.